The van der Waals surface area contributed by atoms with Gasteiger partial charge in [-0.25, -0.2) is 0 Å². The molecule has 1 aromatic carbocycles. The molecule has 2 rings (SSSR count). The molecule has 0 bridgehead atoms. The molecule has 0 aromatic heterocycles. The lowest BCUT2D eigenvalue weighted by Gasteiger charge is -2.27. The fourth-order valence-corrected chi connectivity index (χ4v) is 3.61. The maximum Gasteiger partial charge on any atom is 0.191 e. The molecule has 1 aromatic rings. The summed E-state index contributed by atoms with van der Waals surface area (Å²) < 4.78 is 5.51. The summed E-state index contributed by atoms with van der Waals surface area (Å²) in [6.07, 6.45) is 2.25. The molecule has 1 aliphatic heterocycles. The normalized spacial score (nSPS) is 18.9. The topological polar surface area (TPSA) is 52.1 Å². The lowest BCUT2D eigenvalue weighted by Crippen LogP contribution is -2.49. The molecule has 6 heteroatoms. The molecule has 1 saturated heterocycles. The van der Waals surface area contributed by atoms with Crippen LogP contribution in [0.15, 0.2) is 29.3 Å². The van der Waals surface area contributed by atoms with Crippen LogP contribution in [0.25, 0.3) is 0 Å². The lowest BCUT2D eigenvalue weighted by molar-refractivity contribution is 0.254. The van der Waals surface area contributed by atoms with Crippen molar-refractivity contribution >= 4 is 11.6 Å². The van der Waals surface area contributed by atoms with Gasteiger partial charge in [0.05, 0.1) is 12.8 Å². The number of hydrogen-bond acceptors (Lipinski definition) is 4. The second-order valence-corrected chi connectivity index (χ2v) is 7.95. The van der Waals surface area contributed by atoms with Gasteiger partial charge in [0.2, 0.25) is 0 Å². The second kappa shape index (κ2) is 10.4. The van der Waals surface area contributed by atoms with Crippen molar-refractivity contribution < 1.29 is 4.74 Å². The first-order chi connectivity index (χ1) is 12.9. The van der Waals surface area contributed by atoms with Gasteiger partial charge in [0.1, 0.15) is 5.75 Å². The van der Waals surface area contributed by atoms with Gasteiger partial charge in [-0.15, -0.1) is 0 Å². The number of hydrogen-bond donors (Lipinski definition) is 2. The number of anilines is 1. The summed E-state index contributed by atoms with van der Waals surface area (Å²) in [7, 11) is 7.87. The van der Waals surface area contributed by atoms with E-state index in [0.29, 0.717) is 18.0 Å². The SMILES string of the molecule is CN=C(NCC(CC(C)C)N(C)C)NC1CCN(c2ccccc2OC)C1. The van der Waals surface area contributed by atoms with Crippen LogP contribution in [0, 0.1) is 5.92 Å². The van der Waals surface area contributed by atoms with Crippen molar-refractivity contribution in [1.29, 1.82) is 0 Å². The van der Waals surface area contributed by atoms with Crippen molar-refractivity contribution in [3.63, 3.8) is 0 Å². The highest BCUT2D eigenvalue weighted by atomic mass is 16.5. The van der Waals surface area contributed by atoms with Crippen LogP contribution in [-0.4, -0.2) is 70.8 Å². The smallest absolute Gasteiger partial charge is 0.191 e. The Morgan fingerprint density at radius 3 is 2.70 bits per heavy atom. The van der Waals surface area contributed by atoms with E-state index in [-0.39, 0.29) is 0 Å². The molecule has 152 valence electrons. The van der Waals surface area contributed by atoms with Crippen molar-refractivity contribution in [3.8, 4) is 5.75 Å². The minimum absolute atomic E-state index is 0.379. The Hall–Kier alpha value is -1.95. The number of methoxy groups -OCH3 is 1. The van der Waals surface area contributed by atoms with Gasteiger partial charge in [0, 0.05) is 38.8 Å². The molecule has 1 aliphatic rings. The highest BCUT2D eigenvalue weighted by Crippen LogP contribution is 2.30. The van der Waals surface area contributed by atoms with E-state index in [1.54, 1.807) is 7.11 Å². The van der Waals surface area contributed by atoms with Gasteiger partial charge in [0.25, 0.3) is 0 Å². The predicted molar refractivity (Wildman–Crippen MR) is 115 cm³/mol. The van der Waals surface area contributed by atoms with Crippen LogP contribution in [0.1, 0.15) is 26.7 Å². The Kier molecular flexibility index (Phi) is 8.23. The fourth-order valence-electron chi connectivity index (χ4n) is 3.61. The van der Waals surface area contributed by atoms with Crippen LogP contribution < -0.4 is 20.3 Å². The van der Waals surface area contributed by atoms with E-state index in [2.05, 4.69) is 65.5 Å². The van der Waals surface area contributed by atoms with Crippen LogP contribution >= 0.6 is 0 Å². The third-order valence-electron chi connectivity index (χ3n) is 5.16. The van der Waals surface area contributed by atoms with E-state index >= 15 is 0 Å². The standard InChI is InChI=1S/C21H37N5O/c1-16(2)13-18(25(4)5)14-23-21(22-3)24-17-11-12-26(15-17)19-9-7-8-10-20(19)27-6/h7-10,16-18H,11-15H2,1-6H3,(H2,22,23,24). The van der Waals surface area contributed by atoms with E-state index in [0.717, 1.165) is 43.5 Å². The molecular formula is C21H37N5O. The van der Waals surface area contributed by atoms with Crippen molar-refractivity contribution in [3.05, 3.63) is 24.3 Å². The third-order valence-corrected chi connectivity index (χ3v) is 5.16. The van der Waals surface area contributed by atoms with E-state index in [1.807, 2.05) is 19.2 Å². The summed E-state index contributed by atoms with van der Waals surface area (Å²) >= 11 is 0. The molecule has 0 amide bonds. The molecular weight excluding hydrogens is 338 g/mol. The first-order valence-electron chi connectivity index (χ1n) is 9.96. The number of ether oxygens (including phenoxy) is 1. The largest absolute Gasteiger partial charge is 0.495 e. The lowest BCUT2D eigenvalue weighted by atomic mass is 10.0. The van der Waals surface area contributed by atoms with Gasteiger partial charge in [-0.05, 0) is 45.0 Å². The zero-order chi connectivity index (χ0) is 19.8. The maximum absolute atomic E-state index is 5.51. The Morgan fingerprint density at radius 1 is 1.33 bits per heavy atom. The Balaban J connectivity index is 1.88. The minimum Gasteiger partial charge on any atom is -0.495 e. The molecule has 0 radical (unpaired) electrons. The first kappa shape index (κ1) is 21.4. The van der Waals surface area contributed by atoms with Crippen molar-refractivity contribution in [2.24, 2.45) is 10.9 Å². The molecule has 6 nitrogen and oxygen atoms in total. The number of para-hydroxylation sites is 2. The molecule has 0 aliphatic carbocycles. The van der Waals surface area contributed by atoms with E-state index in [4.69, 9.17) is 4.74 Å². The molecule has 27 heavy (non-hydrogen) atoms. The first-order valence-corrected chi connectivity index (χ1v) is 9.96. The van der Waals surface area contributed by atoms with Gasteiger partial charge in [-0.3, -0.25) is 4.99 Å². The predicted octanol–water partition coefficient (Wildman–Crippen LogP) is 2.42. The summed E-state index contributed by atoms with van der Waals surface area (Å²) in [5, 5.41) is 7.10. The maximum atomic E-state index is 5.51. The summed E-state index contributed by atoms with van der Waals surface area (Å²) in [4.78, 5) is 9.10. The summed E-state index contributed by atoms with van der Waals surface area (Å²) in [5.74, 6) is 2.50. The van der Waals surface area contributed by atoms with Crippen molar-refractivity contribution in [2.75, 3.05) is 52.8 Å². The van der Waals surface area contributed by atoms with E-state index in [1.165, 1.54) is 6.42 Å². The summed E-state index contributed by atoms with van der Waals surface area (Å²) in [6.45, 7) is 7.41. The molecule has 0 saturated carbocycles. The average molecular weight is 376 g/mol. The van der Waals surface area contributed by atoms with Crippen LogP contribution in [-0.2, 0) is 0 Å². The molecule has 2 N–H and O–H groups in total. The number of nitrogens with one attached hydrogen (secondary N) is 2. The van der Waals surface area contributed by atoms with Gasteiger partial charge >= 0.3 is 0 Å². The van der Waals surface area contributed by atoms with E-state index < -0.39 is 0 Å². The van der Waals surface area contributed by atoms with Gasteiger partial charge in [-0.1, -0.05) is 26.0 Å². The van der Waals surface area contributed by atoms with Crippen molar-refractivity contribution in [2.45, 2.75) is 38.8 Å². The number of nitrogens with zero attached hydrogens (tertiary/aromatic N) is 3. The Labute approximate surface area is 165 Å². The quantitative estimate of drug-likeness (QED) is 0.540. The summed E-state index contributed by atoms with van der Waals surface area (Å²) in [6, 6.07) is 9.10. The summed E-state index contributed by atoms with van der Waals surface area (Å²) in [5.41, 5.74) is 1.16. The van der Waals surface area contributed by atoms with Gasteiger partial charge in [0.15, 0.2) is 5.96 Å². The van der Waals surface area contributed by atoms with Crippen LogP contribution in [0.3, 0.4) is 0 Å². The van der Waals surface area contributed by atoms with Crippen molar-refractivity contribution in [1.82, 2.24) is 15.5 Å². The monoisotopic (exact) mass is 375 g/mol. The molecule has 1 fully saturated rings. The van der Waals surface area contributed by atoms with Crippen LogP contribution in [0.4, 0.5) is 5.69 Å². The number of benzene rings is 1. The second-order valence-electron chi connectivity index (χ2n) is 7.95. The molecule has 1 heterocycles. The Morgan fingerprint density at radius 2 is 2.07 bits per heavy atom. The molecule has 2 atom stereocenters. The number of rotatable bonds is 8. The zero-order valence-electron chi connectivity index (χ0n) is 17.8. The van der Waals surface area contributed by atoms with E-state index in [9.17, 15) is 0 Å². The fraction of sp³-hybridized carbons (Fsp3) is 0.667. The molecule has 2 unspecified atom stereocenters. The zero-order valence-corrected chi connectivity index (χ0v) is 17.8. The average Bonchev–Trinajstić information content (AvgIpc) is 3.11. The van der Waals surface area contributed by atoms with Gasteiger partial charge < -0.3 is 25.2 Å². The number of guanidine groups is 1. The Bertz CT molecular complexity index is 602. The number of likely N-dealkylation sites (N-methyl/N-ethyl adjacent to an activating group) is 1. The highest BCUT2D eigenvalue weighted by Gasteiger charge is 2.25. The van der Waals surface area contributed by atoms with Gasteiger partial charge in [-0.2, -0.15) is 0 Å². The minimum atomic E-state index is 0.379. The van der Waals surface area contributed by atoms with Crippen LogP contribution in [0.5, 0.6) is 5.75 Å². The highest BCUT2D eigenvalue weighted by molar-refractivity contribution is 5.80. The molecule has 0 spiro atoms. The number of aliphatic imine (C=N–C) groups is 1. The van der Waals surface area contributed by atoms with Crippen LogP contribution in [0.2, 0.25) is 0 Å². The third kappa shape index (κ3) is 6.31.